The molecule has 3 aromatic rings. The summed E-state index contributed by atoms with van der Waals surface area (Å²) in [5.74, 6) is -0.0741. The summed E-state index contributed by atoms with van der Waals surface area (Å²) >= 11 is 0. The molecule has 5 rings (SSSR count). The van der Waals surface area contributed by atoms with Crippen molar-refractivity contribution in [3.05, 3.63) is 63.5 Å². The van der Waals surface area contributed by atoms with Gasteiger partial charge < -0.3 is 10.7 Å². The predicted molar refractivity (Wildman–Crippen MR) is 105 cm³/mol. The number of aromatic nitrogens is 3. The zero-order valence-corrected chi connectivity index (χ0v) is 15.5. The third-order valence-electron chi connectivity index (χ3n) is 6.18. The first-order valence-corrected chi connectivity index (χ1v) is 9.69. The molecule has 0 amide bonds. The topological polar surface area (TPSA) is 87.9 Å². The van der Waals surface area contributed by atoms with Crippen LogP contribution in [0.15, 0.2) is 35.3 Å². The van der Waals surface area contributed by atoms with Gasteiger partial charge in [0, 0.05) is 41.8 Å². The molecule has 1 atom stereocenters. The highest BCUT2D eigenvalue weighted by atomic mass is 19.1. The molecule has 1 aromatic carbocycles. The first-order valence-electron chi connectivity index (χ1n) is 9.69. The molecule has 1 aliphatic carbocycles. The first-order chi connectivity index (χ1) is 13.5. The predicted octanol–water partition coefficient (Wildman–Crippen LogP) is 2.52. The Morgan fingerprint density at radius 1 is 1.32 bits per heavy atom. The third-order valence-corrected chi connectivity index (χ3v) is 6.18. The molecule has 1 unspecified atom stereocenters. The molecule has 0 saturated carbocycles. The summed E-state index contributed by atoms with van der Waals surface area (Å²) in [5, 5.41) is 0.385. The van der Waals surface area contributed by atoms with Crippen molar-refractivity contribution in [2.45, 2.75) is 37.6 Å². The molecule has 28 heavy (non-hydrogen) atoms. The van der Waals surface area contributed by atoms with Gasteiger partial charge in [-0.25, -0.2) is 14.4 Å². The summed E-state index contributed by atoms with van der Waals surface area (Å²) in [7, 11) is 0. The van der Waals surface area contributed by atoms with Gasteiger partial charge in [-0.2, -0.15) is 0 Å². The van der Waals surface area contributed by atoms with E-state index in [4.69, 9.17) is 5.73 Å². The number of halogens is 1. The molecule has 1 saturated heterocycles. The number of hydrogen-bond acceptors (Lipinski definition) is 5. The van der Waals surface area contributed by atoms with Crippen LogP contribution >= 0.6 is 0 Å². The molecule has 6 nitrogen and oxygen atoms in total. The molecule has 1 fully saturated rings. The van der Waals surface area contributed by atoms with Crippen molar-refractivity contribution >= 4 is 16.9 Å². The van der Waals surface area contributed by atoms with Crippen LogP contribution in [0, 0.1) is 5.82 Å². The Kier molecular flexibility index (Phi) is 3.94. The second kappa shape index (κ2) is 6.38. The van der Waals surface area contributed by atoms with Crippen molar-refractivity contribution < 1.29 is 4.39 Å². The van der Waals surface area contributed by atoms with Gasteiger partial charge in [0.25, 0.3) is 0 Å². The largest absolute Gasteiger partial charge is 0.368 e. The Morgan fingerprint density at radius 2 is 2.21 bits per heavy atom. The van der Waals surface area contributed by atoms with Gasteiger partial charge in [-0.15, -0.1) is 0 Å². The Labute approximate surface area is 161 Å². The molecule has 2 aliphatic rings. The average molecular weight is 379 g/mol. The van der Waals surface area contributed by atoms with Crippen LogP contribution in [0.2, 0.25) is 0 Å². The van der Waals surface area contributed by atoms with Crippen LogP contribution in [0.1, 0.15) is 36.2 Å². The van der Waals surface area contributed by atoms with Crippen molar-refractivity contribution in [1.82, 2.24) is 19.9 Å². The van der Waals surface area contributed by atoms with E-state index < -0.39 is 5.82 Å². The van der Waals surface area contributed by atoms with E-state index >= 15 is 0 Å². The molecular weight excluding hydrogens is 357 g/mol. The number of likely N-dealkylation sites (tertiary alicyclic amines) is 1. The maximum atomic E-state index is 14.2. The molecule has 7 heteroatoms. The van der Waals surface area contributed by atoms with E-state index in [0.717, 1.165) is 50.2 Å². The van der Waals surface area contributed by atoms with E-state index in [2.05, 4.69) is 19.9 Å². The number of H-pyrrole nitrogens is 1. The van der Waals surface area contributed by atoms with Gasteiger partial charge in [-0.05, 0) is 49.9 Å². The lowest BCUT2D eigenvalue weighted by Gasteiger charge is -2.40. The summed E-state index contributed by atoms with van der Waals surface area (Å²) in [6.07, 6.45) is 6.00. The fraction of sp³-hybridized carbons (Fsp3) is 0.381. The number of anilines is 1. The van der Waals surface area contributed by atoms with Crippen LogP contribution in [-0.2, 0) is 18.4 Å². The Hall–Kier alpha value is -2.80. The third kappa shape index (κ3) is 2.77. The van der Waals surface area contributed by atoms with Gasteiger partial charge in [-0.3, -0.25) is 9.69 Å². The van der Waals surface area contributed by atoms with Gasteiger partial charge in [-0.1, -0.05) is 6.07 Å². The maximum absolute atomic E-state index is 14.2. The first kappa shape index (κ1) is 17.3. The van der Waals surface area contributed by atoms with E-state index in [9.17, 15) is 9.18 Å². The smallest absolute Gasteiger partial charge is 0.220 e. The fourth-order valence-corrected chi connectivity index (χ4v) is 4.93. The number of piperidine rings is 1. The molecule has 2 aromatic heterocycles. The number of fused-ring (bicyclic) bond motifs is 3. The highest BCUT2D eigenvalue weighted by molar-refractivity contribution is 5.78. The maximum Gasteiger partial charge on any atom is 0.220 e. The number of nitrogens with zero attached hydrogens (tertiary/aromatic N) is 3. The molecule has 0 bridgehead atoms. The van der Waals surface area contributed by atoms with Crippen LogP contribution in [-0.4, -0.2) is 32.9 Å². The number of hydrogen-bond donors (Lipinski definition) is 2. The number of nitrogen functional groups attached to an aromatic ring is 1. The zero-order chi connectivity index (χ0) is 19.3. The zero-order valence-electron chi connectivity index (χ0n) is 15.5. The minimum Gasteiger partial charge on any atom is -0.368 e. The van der Waals surface area contributed by atoms with Gasteiger partial charge in [0.2, 0.25) is 5.95 Å². The second-order valence-electron chi connectivity index (χ2n) is 8.02. The molecule has 3 N–H and O–H groups in total. The summed E-state index contributed by atoms with van der Waals surface area (Å²) in [6.45, 7) is 2.37. The molecule has 0 radical (unpaired) electrons. The van der Waals surface area contributed by atoms with E-state index in [0.29, 0.717) is 17.9 Å². The minimum atomic E-state index is -0.400. The van der Waals surface area contributed by atoms with E-state index in [-0.39, 0.29) is 16.4 Å². The van der Waals surface area contributed by atoms with Crippen LogP contribution in [0.5, 0.6) is 0 Å². The van der Waals surface area contributed by atoms with Crippen molar-refractivity contribution in [1.29, 1.82) is 0 Å². The normalized spacial score (nSPS) is 22.0. The number of benzene rings is 1. The number of rotatable bonds is 2. The summed E-state index contributed by atoms with van der Waals surface area (Å²) in [4.78, 5) is 26.6. The van der Waals surface area contributed by atoms with Gasteiger partial charge >= 0.3 is 0 Å². The highest BCUT2D eigenvalue weighted by Crippen LogP contribution is 2.44. The minimum absolute atomic E-state index is 0.00691. The van der Waals surface area contributed by atoms with E-state index in [1.165, 1.54) is 11.6 Å². The van der Waals surface area contributed by atoms with Crippen LogP contribution in [0.3, 0.4) is 0 Å². The van der Waals surface area contributed by atoms with E-state index in [1.54, 1.807) is 18.2 Å². The lowest BCUT2D eigenvalue weighted by atomic mass is 9.77. The Bertz CT molecular complexity index is 1120. The molecule has 3 heterocycles. The molecule has 144 valence electrons. The van der Waals surface area contributed by atoms with Crippen molar-refractivity contribution in [3.63, 3.8) is 0 Å². The van der Waals surface area contributed by atoms with Gasteiger partial charge in [0.05, 0.1) is 11.2 Å². The number of aromatic amines is 1. The lowest BCUT2D eigenvalue weighted by Crippen LogP contribution is -2.45. The number of pyridine rings is 1. The van der Waals surface area contributed by atoms with Crippen molar-refractivity contribution in [2.75, 3.05) is 18.8 Å². The fourth-order valence-electron chi connectivity index (χ4n) is 4.93. The number of aryl methyl sites for hydroxylation is 1. The molecule has 1 aliphatic heterocycles. The SMILES string of the molecule is Nc1ncc2c(n1)C1(CCCN(Cc3cc(=O)c4cccc(F)c4[nH]3)C1)CC2. The standard InChI is InChI=1S/C21H22FN5O/c22-16-4-1-3-15-17(28)9-14(25-18(15)16)11-27-8-2-6-21(12-27)7-5-13-10-24-20(23)26-19(13)21/h1,3-4,9-10H,2,5-8,11-12H2,(H,25,28)(H2,23,24,26). The van der Waals surface area contributed by atoms with Crippen molar-refractivity contribution in [3.8, 4) is 0 Å². The number of para-hydroxylation sites is 1. The second-order valence-corrected chi connectivity index (χ2v) is 8.02. The summed E-state index contributed by atoms with van der Waals surface area (Å²) in [6, 6.07) is 6.17. The number of nitrogens with two attached hydrogens (primary N) is 1. The Morgan fingerprint density at radius 3 is 3.11 bits per heavy atom. The highest BCUT2D eigenvalue weighted by Gasteiger charge is 2.43. The summed E-state index contributed by atoms with van der Waals surface area (Å²) in [5.41, 5.74) is 8.99. The number of nitrogens with one attached hydrogen (secondary N) is 1. The van der Waals surface area contributed by atoms with Crippen molar-refractivity contribution in [2.24, 2.45) is 0 Å². The van der Waals surface area contributed by atoms with Crippen LogP contribution in [0.4, 0.5) is 10.3 Å². The molecular formula is C21H22FN5O. The Balaban J connectivity index is 1.45. The lowest BCUT2D eigenvalue weighted by molar-refractivity contribution is 0.135. The van der Waals surface area contributed by atoms with Gasteiger partial charge in [0.1, 0.15) is 5.82 Å². The summed E-state index contributed by atoms with van der Waals surface area (Å²) < 4.78 is 14.2. The van der Waals surface area contributed by atoms with Gasteiger partial charge in [0.15, 0.2) is 5.43 Å². The van der Waals surface area contributed by atoms with Crippen LogP contribution in [0.25, 0.3) is 10.9 Å². The molecule has 1 spiro atoms. The average Bonchev–Trinajstić information content (AvgIpc) is 3.00. The van der Waals surface area contributed by atoms with E-state index in [1.807, 2.05) is 6.20 Å². The quantitative estimate of drug-likeness (QED) is 0.714. The monoisotopic (exact) mass is 379 g/mol. The van der Waals surface area contributed by atoms with Crippen LogP contribution < -0.4 is 11.2 Å².